The molecule has 0 fully saturated rings. The highest BCUT2D eigenvalue weighted by atomic mass is 32.1. The summed E-state index contributed by atoms with van der Waals surface area (Å²) in [5, 5.41) is 4.25. The molecule has 0 saturated heterocycles. The van der Waals surface area contributed by atoms with Gasteiger partial charge in [0.2, 0.25) is 0 Å². The van der Waals surface area contributed by atoms with E-state index in [4.69, 9.17) is 12.2 Å². The largest absolute Gasteiger partial charge is 0.311 e. The fourth-order valence-corrected chi connectivity index (χ4v) is 2.51. The van der Waals surface area contributed by atoms with Crippen LogP contribution in [0.3, 0.4) is 0 Å². The maximum Gasteiger partial charge on any atom is 0.0833 e. The van der Waals surface area contributed by atoms with Crippen molar-refractivity contribution in [1.82, 2.24) is 4.90 Å². The topological polar surface area (TPSA) is 3.24 Å². The van der Waals surface area contributed by atoms with Crippen LogP contribution in [0.25, 0.3) is 5.57 Å². The molecule has 0 amide bonds. The quantitative estimate of drug-likeness (QED) is 0.684. The first-order valence-corrected chi connectivity index (χ1v) is 6.43. The van der Waals surface area contributed by atoms with Crippen molar-refractivity contribution < 1.29 is 0 Å². The van der Waals surface area contributed by atoms with Gasteiger partial charge in [-0.2, -0.15) is 11.3 Å². The first-order valence-electron chi connectivity index (χ1n) is 5.08. The molecule has 0 saturated carbocycles. The van der Waals surface area contributed by atoms with Crippen molar-refractivity contribution in [2.45, 2.75) is 13.8 Å². The number of allylic oxidation sites excluding steroid dienone is 4. The van der Waals surface area contributed by atoms with E-state index in [9.17, 15) is 0 Å². The van der Waals surface area contributed by atoms with Crippen LogP contribution in [0.5, 0.6) is 0 Å². The molecular weight excluding hydrogens is 234 g/mol. The summed E-state index contributed by atoms with van der Waals surface area (Å²) >= 11 is 6.96. The normalized spacial score (nSPS) is 17.8. The second-order valence-electron chi connectivity index (χ2n) is 3.61. The van der Waals surface area contributed by atoms with Crippen molar-refractivity contribution in [3.63, 3.8) is 0 Å². The van der Waals surface area contributed by atoms with E-state index in [0.717, 1.165) is 10.7 Å². The van der Waals surface area contributed by atoms with Crippen molar-refractivity contribution >= 4 is 34.1 Å². The Bertz CT molecular complexity index is 478. The molecule has 16 heavy (non-hydrogen) atoms. The second kappa shape index (κ2) is 4.76. The predicted octanol–water partition coefficient (Wildman–Crippen LogP) is 4.21. The van der Waals surface area contributed by atoms with Crippen molar-refractivity contribution in [2.75, 3.05) is 0 Å². The first-order chi connectivity index (χ1) is 7.70. The summed E-state index contributed by atoms with van der Waals surface area (Å²) in [5.41, 5.74) is 3.68. The maximum absolute atomic E-state index is 5.25. The molecule has 1 aromatic rings. The molecule has 2 heterocycles. The van der Waals surface area contributed by atoms with Crippen LogP contribution in [-0.4, -0.2) is 9.89 Å². The average Bonchev–Trinajstić information content (AvgIpc) is 2.81. The molecule has 3 heteroatoms. The van der Waals surface area contributed by atoms with E-state index in [1.54, 1.807) is 11.3 Å². The van der Waals surface area contributed by atoms with Crippen LogP contribution < -0.4 is 0 Å². The molecule has 1 aliphatic heterocycles. The highest BCUT2D eigenvalue weighted by molar-refractivity contribution is 7.80. The van der Waals surface area contributed by atoms with E-state index < -0.39 is 0 Å². The van der Waals surface area contributed by atoms with Gasteiger partial charge in [-0.25, -0.2) is 0 Å². The van der Waals surface area contributed by atoms with Crippen LogP contribution in [0.2, 0.25) is 0 Å². The van der Waals surface area contributed by atoms with Gasteiger partial charge < -0.3 is 4.90 Å². The minimum atomic E-state index is 0.866. The smallest absolute Gasteiger partial charge is 0.0833 e. The Morgan fingerprint density at radius 2 is 2.12 bits per heavy atom. The zero-order valence-corrected chi connectivity index (χ0v) is 10.9. The Hall–Kier alpha value is -1.19. The van der Waals surface area contributed by atoms with Gasteiger partial charge in [0.1, 0.15) is 0 Å². The Labute approximate surface area is 105 Å². The summed E-state index contributed by atoms with van der Waals surface area (Å²) in [5.74, 6) is 0. The molecule has 0 unspecified atom stereocenters. The number of nitrogens with zero attached hydrogens (tertiary/aromatic N) is 1. The van der Waals surface area contributed by atoms with Gasteiger partial charge in [-0.15, -0.1) is 0 Å². The summed E-state index contributed by atoms with van der Waals surface area (Å²) in [4.78, 5) is 2.91. The molecule has 0 radical (unpaired) electrons. The van der Waals surface area contributed by atoms with Crippen molar-refractivity contribution in [3.05, 3.63) is 52.5 Å². The lowest BCUT2D eigenvalue weighted by Gasteiger charge is -2.24. The van der Waals surface area contributed by atoms with Gasteiger partial charge in [0.05, 0.1) is 4.99 Å². The third-order valence-corrected chi connectivity index (χ3v) is 3.42. The number of hydrogen-bond donors (Lipinski definition) is 0. The van der Waals surface area contributed by atoms with Crippen LogP contribution in [0.15, 0.2) is 47.0 Å². The number of hydrogen-bond acceptors (Lipinski definition) is 2. The Balaban J connectivity index is 2.45. The van der Waals surface area contributed by atoms with Gasteiger partial charge in [0.25, 0.3) is 0 Å². The molecule has 1 aliphatic rings. The molecule has 0 bridgehead atoms. The van der Waals surface area contributed by atoms with Crippen LogP contribution >= 0.6 is 23.6 Å². The zero-order valence-electron chi connectivity index (χ0n) is 9.31. The fourth-order valence-electron chi connectivity index (χ4n) is 1.65. The lowest BCUT2D eigenvalue weighted by molar-refractivity contribution is 0.719. The molecule has 1 nitrogen and oxygen atoms in total. The summed E-state index contributed by atoms with van der Waals surface area (Å²) in [7, 11) is 0. The molecule has 0 N–H and O–H groups in total. The molecule has 0 atom stereocenters. The standard InChI is InChI=1S/C13H13NS2/c1-10(12-6-8-16-9-12)13-5-3-4-7-14(13)11(2)15/h3-9H,1-2H3/b13-10+. The van der Waals surface area contributed by atoms with E-state index in [1.165, 1.54) is 11.1 Å². The maximum atomic E-state index is 5.25. The Morgan fingerprint density at radius 3 is 2.75 bits per heavy atom. The molecule has 1 aromatic heterocycles. The van der Waals surface area contributed by atoms with Crippen molar-refractivity contribution in [2.24, 2.45) is 0 Å². The number of thiocarbonyl (C=S) groups is 1. The second-order valence-corrected chi connectivity index (χ2v) is 4.98. The van der Waals surface area contributed by atoms with E-state index in [-0.39, 0.29) is 0 Å². The molecule has 0 aromatic carbocycles. The lowest BCUT2D eigenvalue weighted by atomic mass is 10.1. The summed E-state index contributed by atoms with van der Waals surface area (Å²) in [6.45, 7) is 4.08. The van der Waals surface area contributed by atoms with Gasteiger partial charge in [-0.05, 0) is 54.0 Å². The third kappa shape index (κ3) is 2.15. The van der Waals surface area contributed by atoms with Gasteiger partial charge >= 0.3 is 0 Å². The highest BCUT2D eigenvalue weighted by Gasteiger charge is 2.12. The van der Waals surface area contributed by atoms with Gasteiger partial charge in [0, 0.05) is 11.9 Å². The summed E-state index contributed by atoms with van der Waals surface area (Å²) in [6.07, 6.45) is 8.15. The summed E-state index contributed by atoms with van der Waals surface area (Å²) in [6, 6.07) is 2.13. The van der Waals surface area contributed by atoms with Crippen LogP contribution in [0.1, 0.15) is 19.4 Å². The lowest BCUT2D eigenvalue weighted by Crippen LogP contribution is -2.21. The predicted molar refractivity (Wildman–Crippen MR) is 75.3 cm³/mol. The fraction of sp³-hybridized carbons (Fsp3) is 0.154. The van der Waals surface area contributed by atoms with E-state index in [0.29, 0.717) is 0 Å². The summed E-state index contributed by atoms with van der Waals surface area (Å²) < 4.78 is 0. The average molecular weight is 247 g/mol. The van der Waals surface area contributed by atoms with E-state index >= 15 is 0 Å². The first kappa shape index (κ1) is 11.3. The Morgan fingerprint density at radius 1 is 1.31 bits per heavy atom. The third-order valence-electron chi connectivity index (χ3n) is 2.54. The van der Waals surface area contributed by atoms with Crippen LogP contribution in [0.4, 0.5) is 0 Å². The molecule has 2 rings (SSSR count). The van der Waals surface area contributed by atoms with Gasteiger partial charge in [0.15, 0.2) is 0 Å². The Kier molecular flexibility index (Phi) is 3.36. The van der Waals surface area contributed by atoms with Gasteiger partial charge in [-0.1, -0.05) is 18.3 Å². The number of rotatable bonds is 1. The molecule has 82 valence electrons. The molecular formula is C13H13NS2. The highest BCUT2D eigenvalue weighted by Crippen LogP contribution is 2.26. The van der Waals surface area contributed by atoms with E-state index in [1.807, 2.05) is 30.2 Å². The van der Waals surface area contributed by atoms with E-state index in [2.05, 4.69) is 29.8 Å². The van der Waals surface area contributed by atoms with Crippen molar-refractivity contribution in [1.29, 1.82) is 0 Å². The van der Waals surface area contributed by atoms with Gasteiger partial charge in [-0.3, -0.25) is 0 Å². The van der Waals surface area contributed by atoms with Crippen molar-refractivity contribution in [3.8, 4) is 0 Å². The monoisotopic (exact) mass is 247 g/mol. The SMILES string of the molecule is CC(=S)N1C=CC=C/C1=C(/C)c1ccsc1. The zero-order chi connectivity index (χ0) is 11.5. The molecule has 0 aliphatic carbocycles. The van der Waals surface area contributed by atoms with Crippen LogP contribution in [-0.2, 0) is 0 Å². The molecule has 0 spiro atoms. The minimum absolute atomic E-state index is 0.866. The van der Waals surface area contributed by atoms with Crippen LogP contribution in [0, 0.1) is 0 Å². The minimum Gasteiger partial charge on any atom is -0.311 e. The number of thiophene rings is 1.